The maximum absolute atomic E-state index is 11.7. The minimum atomic E-state index is -0.978. The quantitative estimate of drug-likeness (QED) is 0.669. The summed E-state index contributed by atoms with van der Waals surface area (Å²) in [7, 11) is 0. The maximum Gasteiger partial charge on any atom is 0.305 e. The van der Waals surface area contributed by atoms with E-state index in [1.165, 1.54) is 0 Å². The van der Waals surface area contributed by atoms with Crippen LogP contribution in [0.2, 0.25) is 0 Å². The summed E-state index contributed by atoms with van der Waals surface area (Å²) in [6, 6.07) is -1.16. The van der Waals surface area contributed by atoms with Crippen molar-refractivity contribution in [2.75, 3.05) is 0 Å². The van der Waals surface area contributed by atoms with Gasteiger partial charge in [-0.2, -0.15) is 0 Å². The molecule has 104 valence electrons. The number of amides is 2. The molecule has 0 bridgehead atoms. The predicted molar refractivity (Wildman–Crippen MR) is 66.9 cm³/mol. The van der Waals surface area contributed by atoms with Crippen LogP contribution in [0.25, 0.3) is 0 Å². The minimum Gasteiger partial charge on any atom is -0.481 e. The molecule has 2 unspecified atom stereocenters. The van der Waals surface area contributed by atoms with E-state index in [2.05, 4.69) is 10.6 Å². The molecular weight excluding hydrogens is 236 g/mol. The van der Waals surface area contributed by atoms with Gasteiger partial charge in [0.2, 0.25) is 11.8 Å². The molecule has 0 aromatic rings. The number of aliphatic carboxylic acids is 1. The van der Waals surface area contributed by atoms with Crippen molar-refractivity contribution in [1.29, 1.82) is 0 Å². The molecule has 0 heterocycles. The third-order valence-electron chi connectivity index (χ3n) is 2.29. The molecule has 6 nitrogen and oxygen atoms in total. The van der Waals surface area contributed by atoms with E-state index in [1.54, 1.807) is 34.6 Å². The first-order valence-corrected chi connectivity index (χ1v) is 5.87. The van der Waals surface area contributed by atoms with E-state index in [0.717, 1.165) is 0 Å². The molecule has 0 rings (SSSR count). The van der Waals surface area contributed by atoms with Crippen molar-refractivity contribution in [3.63, 3.8) is 0 Å². The van der Waals surface area contributed by atoms with Gasteiger partial charge in [0.25, 0.3) is 0 Å². The molecule has 0 aliphatic heterocycles. The lowest BCUT2D eigenvalue weighted by atomic mass is 9.95. The van der Waals surface area contributed by atoms with Crippen LogP contribution in [0.1, 0.15) is 41.0 Å². The standard InChI is InChI=1S/C12H22N2O4/c1-7(6-9(15)16)13-10(17)8(2)14-11(18)12(3,4)5/h7-8H,6H2,1-5H3,(H,13,17)(H,14,18)(H,15,16). The summed E-state index contributed by atoms with van der Waals surface area (Å²) in [6.07, 6.45) is -0.147. The molecule has 0 saturated heterocycles. The summed E-state index contributed by atoms with van der Waals surface area (Å²) >= 11 is 0. The second kappa shape index (κ2) is 6.37. The fraction of sp³-hybridized carbons (Fsp3) is 0.750. The van der Waals surface area contributed by atoms with Gasteiger partial charge in [-0.25, -0.2) is 0 Å². The fourth-order valence-corrected chi connectivity index (χ4v) is 1.16. The van der Waals surface area contributed by atoms with Crippen molar-refractivity contribution in [1.82, 2.24) is 10.6 Å². The Kier molecular flexibility index (Phi) is 5.81. The molecule has 0 radical (unpaired) electrons. The summed E-state index contributed by atoms with van der Waals surface area (Å²) in [6.45, 7) is 8.41. The summed E-state index contributed by atoms with van der Waals surface area (Å²) in [5.41, 5.74) is -0.568. The summed E-state index contributed by atoms with van der Waals surface area (Å²) in [5, 5.41) is 13.7. The molecular formula is C12H22N2O4. The third-order valence-corrected chi connectivity index (χ3v) is 2.29. The van der Waals surface area contributed by atoms with E-state index in [4.69, 9.17) is 5.11 Å². The zero-order valence-electron chi connectivity index (χ0n) is 11.5. The molecule has 0 saturated carbocycles. The largest absolute Gasteiger partial charge is 0.481 e. The van der Waals surface area contributed by atoms with E-state index in [1.807, 2.05) is 0 Å². The van der Waals surface area contributed by atoms with Crippen molar-refractivity contribution >= 4 is 17.8 Å². The number of carbonyl (C=O) groups is 3. The highest BCUT2D eigenvalue weighted by Gasteiger charge is 2.25. The third kappa shape index (κ3) is 6.22. The van der Waals surface area contributed by atoms with Crippen molar-refractivity contribution < 1.29 is 19.5 Å². The Hall–Kier alpha value is -1.59. The molecule has 18 heavy (non-hydrogen) atoms. The first-order chi connectivity index (χ1) is 8.04. The molecule has 0 aliphatic rings. The molecule has 2 amide bonds. The summed E-state index contributed by atoms with van der Waals surface area (Å²) in [4.78, 5) is 33.8. The first kappa shape index (κ1) is 16.4. The average Bonchev–Trinajstić information content (AvgIpc) is 2.14. The van der Waals surface area contributed by atoms with Gasteiger partial charge in [-0.15, -0.1) is 0 Å². The van der Waals surface area contributed by atoms with Crippen LogP contribution in [0.3, 0.4) is 0 Å². The Morgan fingerprint density at radius 3 is 2.00 bits per heavy atom. The molecule has 0 aromatic carbocycles. The van der Waals surface area contributed by atoms with Crippen LogP contribution >= 0.6 is 0 Å². The highest BCUT2D eigenvalue weighted by Crippen LogP contribution is 2.12. The second-order valence-corrected chi connectivity index (χ2v) is 5.45. The Balaban J connectivity index is 4.27. The zero-order chi connectivity index (χ0) is 14.5. The van der Waals surface area contributed by atoms with Gasteiger partial charge >= 0.3 is 5.97 Å². The van der Waals surface area contributed by atoms with Crippen LogP contribution in [0, 0.1) is 5.41 Å². The molecule has 0 aromatic heterocycles. The topological polar surface area (TPSA) is 95.5 Å². The number of rotatable bonds is 5. The first-order valence-electron chi connectivity index (χ1n) is 5.87. The highest BCUT2D eigenvalue weighted by atomic mass is 16.4. The van der Waals surface area contributed by atoms with Crippen LogP contribution in [0.15, 0.2) is 0 Å². The molecule has 6 heteroatoms. The lowest BCUT2D eigenvalue weighted by molar-refractivity contribution is -0.138. The molecule has 3 N–H and O–H groups in total. The second-order valence-electron chi connectivity index (χ2n) is 5.45. The smallest absolute Gasteiger partial charge is 0.305 e. The normalized spacial score (nSPS) is 14.5. The van der Waals surface area contributed by atoms with Gasteiger partial charge in [0.05, 0.1) is 6.42 Å². The zero-order valence-corrected chi connectivity index (χ0v) is 11.5. The van der Waals surface area contributed by atoms with Crippen LogP contribution in [0.4, 0.5) is 0 Å². The van der Waals surface area contributed by atoms with Crippen LogP contribution in [-0.4, -0.2) is 35.0 Å². The Bertz CT molecular complexity index is 333. The highest BCUT2D eigenvalue weighted by molar-refractivity contribution is 5.89. The van der Waals surface area contributed by atoms with Gasteiger partial charge in [-0.05, 0) is 13.8 Å². The fourth-order valence-electron chi connectivity index (χ4n) is 1.16. The summed E-state index contributed by atoms with van der Waals surface area (Å²) in [5.74, 6) is -1.59. The number of hydrogen-bond donors (Lipinski definition) is 3. The Labute approximate surface area is 107 Å². The van der Waals surface area contributed by atoms with Gasteiger partial charge in [-0.3, -0.25) is 14.4 Å². The minimum absolute atomic E-state index is 0.147. The van der Waals surface area contributed by atoms with E-state index in [9.17, 15) is 14.4 Å². The number of hydrogen-bond acceptors (Lipinski definition) is 3. The molecule has 0 spiro atoms. The van der Waals surface area contributed by atoms with E-state index in [0.29, 0.717) is 0 Å². The SMILES string of the molecule is CC(CC(=O)O)NC(=O)C(C)NC(=O)C(C)(C)C. The summed E-state index contributed by atoms with van der Waals surface area (Å²) < 4.78 is 0. The maximum atomic E-state index is 11.7. The molecule has 0 fully saturated rings. The van der Waals surface area contributed by atoms with Crippen molar-refractivity contribution in [3.8, 4) is 0 Å². The van der Waals surface area contributed by atoms with Crippen LogP contribution in [-0.2, 0) is 14.4 Å². The van der Waals surface area contributed by atoms with Gasteiger partial charge in [0, 0.05) is 11.5 Å². The van der Waals surface area contributed by atoms with Crippen molar-refractivity contribution in [3.05, 3.63) is 0 Å². The monoisotopic (exact) mass is 258 g/mol. The van der Waals surface area contributed by atoms with E-state index >= 15 is 0 Å². The lowest BCUT2D eigenvalue weighted by Gasteiger charge is -2.22. The van der Waals surface area contributed by atoms with E-state index in [-0.39, 0.29) is 18.2 Å². The van der Waals surface area contributed by atoms with E-state index < -0.39 is 23.5 Å². The lowest BCUT2D eigenvalue weighted by Crippen LogP contribution is -2.50. The van der Waals surface area contributed by atoms with Crippen LogP contribution < -0.4 is 10.6 Å². The number of nitrogens with one attached hydrogen (secondary N) is 2. The van der Waals surface area contributed by atoms with Gasteiger partial charge < -0.3 is 15.7 Å². The molecule has 0 aliphatic carbocycles. The van der Waals surface area contributed by atoms with Crippen molar-refractivity contribution in [2.24, 2.45) is 5.41 Å². The van der Waals surface area contributed by atoms with Crippen LogP contribution in [0.5, 0.6) is 0 Å². The van der Waals surface area contributed by atoms with Crippen molar-refractivity contribution in [2.45, 2.75) is 53.1 Å². The predicted octanol–water partition coefficient (Wildman–Crippen LogP) is 0.517. The average molecular weight is 258 g/mol. The Morgan fingerprint density at radius 1 is 1.11 bits per heavy atom. The number of carboxylic acids is 1. The van der Waals surface area contributed by atoms with Gasteiger partial charge in [0.1, 0.15) is 6.04 Å². The van der Waals surface area contributed by atoms with Gasteiger partial charge in [0.15, 0.2) is 0 Å². The Morgan fingerprint density at radius 2 is 1.61 bits per heavy atom. The van der Waals surface area contributed by atoms with Gasteiger partial charge in [-0.1, -0.05) is 20.8 Å². The number of carboxylic acid groups (broad SMARTS) is 1. The number of carbonyl (C=O) groups excluding carboxylic acids is 2. The molecule has 2 atom stereocenters.